The molecule has 4 unspecified atom stereocenters. The second-order valence-electron chi connectivity index (χ2n) is 13.0. The lowest BCUT2D eigenvalue weighted by Crippen LogP contribution is -2.58. The van der Waals surface area contributed by atoms with Crippen LogP contribution in [0.25, 0.3) is 11.0 Å². The first kappa shape index (κ1) is 27.4. The minimum Gasteiger partial charge on any atom is -0.481 e. The monoisotopic (exact) mass is 548 g/mol. The molecule has 2 aromatic rings. The number of rotatable bonds is 8. The number of carboxylic acid groups (broad SMARTS) is 1. The van der Waals surface area contributed by atoms with E-state index in [1.54, 1.807) is 0 Å². The molecule has 1 aromatic heterocycles. The molecule has 2 aliphatic heterocycles. The second kappa shape index (κ2) is 11.6. The second-order valence-corrected chi connectivity index (χ2v) is 13.0. The average Bonchev–Trinajstić information content (AvgIpc) is 2.92. The zero-order chi connectivity index (χ0) is 27.8. The molecule has 6 atom stereocenters. The van der Waals surface area contributed by atoms with E-state index in [0.29, 0.717) is 23.8 Å². The summed E-state index contributed by atoms with van der Waals surface area (Å²) in [7, 11) is 0. The highest BCUT2D eigenvalue weighted by molar-refractivity contribution is 6.00. The average molecular weight is 549 g/mol. The van der Waals surface area contributed by atoms with E-state index in [4.69, 9.17) is 9.82 Å². The normalized spacial score (nSPS) is 30.9. The number of benzene rings is 1. The number of carboxylic acids is 1. The van der Waals surface area contributed by atoms with E-state index >= 15 is 0 Å². The molecule has 2 saturated heterocycles. The van der Waals surface area contributed by atoms with E-state index < -0.39 is 5.97 Å². The number of para-hydroxylation sites is 2. The molecule has 2 saturated carbocycles. The van der Waals surface area contributed by atoms with Gasteiger partial charge < -0.3 is 14.5 Å². The lowest BCUT2D eigenvalue weighted by atomic mass is 9.68. The van der Waals surface area contributed by atoms with Crippen LogP contribution in [0.4, 0.5) is 0 Å². The third kappa shape index (κ3) is 5.56. The summed E-state index contributed by atoms with van der Waals surface area (Å²) in [6.45, 7) is 3.72. The van der Waals surface area contributed by atoms with E-state index in [2.05, 4.69) is 10.1 Å². The van der Waals surface area contributed by atoms with Crippen molar-refractivity contribution in [3.8, 4) is 0 Å². The summed E-state index contributed by atoms with van der Waals surface area (Å²) in [6, 6.07) is 9.63. The van der Waals surface area contributed by atoms with E-state index in [9.17, 15) is 14.7 Å². The third-order valence-electron chi connectivity index (χ3n) is 9.91. The molecule has 8 heteroatoms. The van der Waals surface area contributed by atoms with Crippen molar-refractivity contribution in [1.82, 2.24) is 14.5 Å². The van der Waals surface area contributed by atoms with Gasteiger partial charge in [-0.05, 0) is 82.8 Å². The van der Waals surface area contributed by atoms with Crippen molar-refractivity contribution in [2.45, 2.75) is 128 Å². The van der Waals surface area contributed by atoms with Gasteiger partial charge in [-0.25, -0.2) is 4.98 Å². The number of nitrogens with zero attached hydrogens (tertiary/aromatic N) is 4. The summed E-state index contributed by atoms with van der Waals surface area (Å²) in [6.07, 6.45) is 13.8. The predicted molar refractivity (Wildman–Crippen MR) is 156 cm³/mol. The molecule has 4 fully saturated rings. The largest absolute Gasteiger partial charge is 0.481 e. The molecule has 4 aliphatic rings. The molecule has 216 valence electrons. The Kier molecular flexibility index (Phi) is 7.98. The number of piperidine rings is 2. The van der Waals surface area contributed by atoms with Crippen molar-refractivity contribution in [3.05, 3.63) is 40.3 Å². The summed E-state index contributed by atoms with van der Waals surface area (Å²) in [5.41, 5.74) is 1.93. The summed E-state index contributed by atoms with van der Waals surface area (Å²) in [5.74, 6) is 0.870. The predicted octanol–water partition coefficient (Wildman–Crippen LogP) is 5.92. The van der Waals surface area contributed by atoms with Gasteiger partial charge in [-0.1, -0.05) is 43.0 Å². The van der Waals surface area contributed by atoms with Crippen LogP contribution in [0.1, 0.15) is 109 Å². The zero-order valence-corrected chi connectivity index (χ0v) is 24.0. The van der Waals surface area contributed by atoms with Gasteiger partial charge in [0, 0.05) is 30.6 Å². The van der Waals surface area contributed by atoms with Crippen LogP contribution in [-0.2, 0) is 9.63 Å². The molecular formula is C32H44N4O4. The minimum absolute atomic E-state index is 0.0838. The lowest BCUT2D eigenvalue weighted by Gasteiger charge is -2.55. The van der Waals surface area contributed by atoms with Gasteiger partial charge in [0.25, 0.3) is 5.56 Å². The molecule has 3 heterocycles. The SMILES string of the molecule is CC(C)ON=C(CCC(=O)O)c1nc2ccccc2n(C2CC3CCC[C@H](C2)N3C2CC3CCC[C@@H](C3)C2)c1=O. The van der Waals surface area contributed by atoms with E-state index in [0.717, 1.165) is 35.7 Å². The van der Waals surface area contributed by atoms with Crippen molar-refractivity contribution in [2.75, 3.05) is 0 Å². The molecule has 2 aliphatic carbocycles. The number of aromatic nitrogens is 2. The highest BCUT2D eigenvalue weighted by Gasteiger charge is 2.45. The van der Waals surface area contributed by atoms with Crippen molar-refractivity contribution < 1.29 is 14.7 Å². The molecule has 0 radical (unpaired) electrons. The first-order chi connectivity index (χ1) is 19.4. The number of oxime groups is 1. The molecule has 1 N–H and O–H groups in total. The standard InChI is InChI=1S/C32H44N4O4/c1-20(2)40-34-28(13-14-30(37)38)31-32(39)36(29-12-4-3-11-27(29)33-31)26-18-23-9-6-10-24(19-26)35(23)25-16-21-7-5-8-22(15-21)17-25/h3-4,11-12,20-26H,5-10,13-19H2,1-2H3,(H,37,38)/t21-,22?,23+,24?,25?,26?/m0/s1. The number of hydrogen-bond donors (Lipinski definition) is 1. The van der Waals surface area contributed by atoms with Crippen LogP contribution >= 0.6 is 0 Å². The Balaban J connectivity index is 1.35. The van der Waals surface area contributed by atoms with Crippen molar-refractivity contribution in [1.29, 1.82) is 0 Å². The van der Waals surface area contributed by atoms with Crippen LogP contribution < -0.4 is 5.56 Å². The highest BCUT2D eigenvalue weighted by atomic mass is 16.6. The van der Waals surface area contributed by atoms with E-state index in [1.807, 2.05) is 42.7 Å². The maximum atomic E-state index is 14.3. The summed E-state index contributed by atoms with van der Waals surface area (Å²) >= 11 is 0. The van der Waals surface area contributed by atoms with Gasteiger partial charge in [-0.3, -0.25) is 14.5 Å². The third-order valence-corrected chi connectivity index (χ3v) is 9.91. The maximum Gasteiger partial charge on any atom is 0.303 e. The van der Waals surface area contributed by atoms with Gasteiger partial charge in [0.2, 0.25) is 0 Å². The summed E-state index contributed by atoms with van der Waals surface area (Å²) in [5, 5.41) is 13.6. The van der Waals surface area contributed by atoms with Gasteiger partial charge in [0.1, 0.15) is 11.8 Å². The fourth-order valence-electron chi connectivity index (χ4n) is 8.44. The fraction of sp³-hybridized carbons (Fsp3) is 0.688. The van der Waals surface area contributed by atoms with Gasteiger partial charge >= 0.3 is 5.97 Å². The molecular weight excluding hydrogens is 504 g/mol. The number of fused-ring (bicyclic) bond motifs is 5. The van der Waals surface area contributed by atoms with Gasteiger partial charge in [0.05, 0.1) is 17.5 Å². The molecule has 8 nitrogen and oxygen atoms in total. The Morgan fingerprint density at radius 3 is 2.30 bits per heavy atom. The molecule has 4 bridgehead atoms. The van der Waals surface area contributed by atoms with Gasteiger partial charge in [-0.2, -0.15) is 0 Å². The molecule has 1 aromatic carbocycles. The number of aliphatic carboxylic acids is 1. The van der Waals surface area contributed by atoms with Gasteiger partial charge in [-0.15, -0.1) is 0 Å². The van der Waals surface area contributed by atoms with Crippen LogP contribution in [0.15, 0.2) is 34.2 Å². The number of carbonyl (C=O) groups is 1. The number of hydrogen-bond acceptors (Lipinski definition) is 6. The minimum atomic E-state index is -0.939. The fourth-order valence-corrected chi connectivity index (χ4v) is 8.44. The Labute approximate surface area is 236 Å². The van der Waals surface area contributed by atoms with E-state index in [1.165, 1.54) is 57.8 Å². The topological polar surface area (TPSA) is 97.0 Å². The van der Waals surface area contributed by atoms with Gasteiger partial charge in [0.15, 0.2) is 5.69 Å². The Bertz CT molecular complexity index is 1290. The maximum absolute atomic E-state index is 14.3. The molecule has 0 amide bonds. The first-order valence-electron chi connectivity index (χ1n) is 15.6. The van der Waals surface area contributed by atoms with Crippen LogP contribution in [-0.4, -0.2) is 55.5 Å². The van der Waals surface area contributed by atoms with Crippen molar-refractivity contribution >= 4 is 22.7 Å². The van der Waals surface area contributed by atoms with Crippen LogP contribution in [0.3, 0.4) is 0 Å². The van der Waals surface area contributed by atoms with E-state index in [-0.39, 0.29) is 36.2 Å². The Morgan fingerprint density at radius 1 is 0.950 bits per heavy atom. The molecule has 0 spiro atoms. The Morgan fingerprint density at radius 2 is 1.62 bits per heavy atom. The summed E-state index contributed by atoms with van der Waals surface area (Å²) in [4.78, 5) is 38.8. The van der Waals surface area contributed by atoms with Crippen LogP contribution in [0.5, 0.6) is 0 Å². The van der Waals surface area contributed by atoms with Crippen LogP contribution in [0, 0.1) is 11.8 Å². The van der Waals surface area contributed by atoms with Crippen LogP contribution in [0.2, 0.25) is 0 Å². The molecule has 6 rings (SSSR count). The summed E-state index contributed by atoms with van der Waals surface area (Å²) < 4.78 is 1.97. The van der Waals surface area contributed by atoms with Crippen molar-refractivity contribution in [2.24, 2.45) is 17.0 Å². The first-order valence-corrected chi connectivity index (χ1v) is 15.6. The quantitative estimate of drug-likeness (QED) is 0.325. The Hall–Kier alpha value is -2.74. The highest BCUT2D eigenvalue weighted by Crippen LogP contribution is 2.47. The van der Waals surface area contributed by atoms with Crippen molar-refractivity contribution in [3.63, 3.8) is 0 Å². The lowest BCUT2D eigenvalue weighted by molar-refractivity contribution is -0.136. The zero-order valence-electron chi connectivity index (χ0n) is 24.0. The smallest absolute Gasteiger partial charge is 0.303 e. The molecule has 40 heavy (non-hydrogen) atoms.